The smallest absolute Gasteiger partial charge is 0.225 e. The van der Waals surface area contributed by atoms with Crippen molar-refractivity contribution in [1.29, 1.82) is 0 Å². The molecule has 0 radical (unpaired) electrons. The molecule has 2 heterocycles. The highest BCUT2D eigenvalue weighted by atomic mass is 16.3. The fraction of sp³-hybridized carbons (Fsp3) is 0.600. The molecule has 0 amide bonds. The van der Waals surface area contributed by atoms with Crippen molar-refractivity contribution in [2.24, 2.45) is 0 Å². The molecule has 1 aromatic rings. The van der Waals surface area contributed by atoms with Gasteiger partial charge in [0.15, 0.2) is 0 Å². The Hall–Kier alpha value is -1.20. The van der Waals surface area contributed by atoms with E-state index in [2.05, 4.69) is 9.97 Å². The predicted molar refractivity (Wildman–Crippen MR) is 55.4 cm³/mol. The van der Waals surface area contributed by atoms with E-state index < -0.39 is 0 Å². The van der Waals surface area contributed by atoms with Crippen molar-refractivity contribution in [2.45, 2.75) is 25.5 Å². The number of hydrogen-bond donors (Lipinski definition) is 2. The van der Waals surface area contributed by atoms with Crippen LogP contribution in [-0.2, 0) is 6.61 Å². The van der Waals surface area contributed by atoms with Crippen LogP contribution >= 0.6 is 0 Å². The van der Waals surface area contributed by atoms with Crippen LogP contribution in [0.3, 0.4) is 0 Å². The average Bonchev–Trinajstić information content (AvgIpc) is 2.77. The summed E-state index contributed by atoms with van der Waals surface area (Å²) in [6.07, 6.45) is 5.29. The van der Waals surface area contributed by atoms with E-state index in [0.29, 0.717) is 11.5 Å². The molecule has 1 fully saturated rings. The second kappa shape index (κ2) is 4.55. The Morgan fingerprint density at radius 2 is 2.07 bits per heavy atom. The van der Waals surface area contributed by atoms with Crippen molar-refractivity contribution < 1.29 is 10.2 Å². The zero-order valence-corrected chi connectivity index (χ0v) is 8.50. The molecule has 5 nitrogen and oxygen atoms in total. The van der Waals surface area contributed by atoms with Crippen LogP contribution in [0.4, 0.5) is 5.95 Å². The Balaban J connectivity index is 2.14. The molecule has 0 aromatic carbocycles. The van der Waals surface area contributed by atoms with Gasteiger partial charge in [-0.2, -0.15) is 0 Å². The van der Waals surface area contributed by atoms with E-state index in [1.807, 2.05) is 4.90 Å². The van der Waals surface area contributed by atoms with Gasteiger partial charge in [0, 0.05) is 24.5 Å². The first-order valence-electron chi connectivity index (χ1n) is 5.14. The molecule has 1 aliphatic rings. The van der Waals surface area contributed by atoms with Gasteiger partial charge in [0.2, 0.25) is 5.95 Å². The van der Waals surface area contributed by atoms with E-state index in [1.165, 1.54) is 0 Å². The SMILES string of the molecule is OCc1cnc(N2CCCC2CO)nc1. The van der Waals surface area contributed by atoms with E-state index in [-0.39, 0.29) is 19.3 Å². The minimum Gasteiger partial charge on any atom is -0.394 e. The van der Waals surface area contributed by atoms with Gasteiger partial charge in [0.25, 0.3) is 0 Å². The van der Waals surface area contributed by atoms with Gasteiger partial charge in [0.05, 0.1) is 19.3 Å². The van der Waals surface area contributed by atoms with Crippen LogP contribution in [0.25, 0.3) is 0 Å². The molecule has 15 heavy (non-hydrogen) atoms. The van der Waals surface area contributed by atoms with Crippen LogP contribution in [0.15, 0.2) is 12.4 Å². The van der Waals surface area contributed by atoms with Gasteiger partial charge in [-0.3, -0.25) is 0 Å². The standard InChI is InChI=1S/C10H15N3O2/c14-6-8-4-11-10(12-5-8)13-3-1-2-9(13)7-15/h4-5,9,14-15H,1-3,6-7H2. The first kappa shape index (κ1) is 10.3. The summed E-state index contributed by atoms with van der Waals surface area (Å²) in [4.78, 5) is 10.4. The number of nitrogens with zero attached hydrogens (tertiary/aromatic N) is 3. The fourth-order valence-corrected chi connectivity index (χ4v) is 1.87. The molecule has 1 aliphatic heterocycles. The maximum Gasteiger partial charge on any atom is 0.225 e. The highest BCUT2D eigenvalue weighted by Gasteiger charge is 2.25. The van der Waals surface area contributed by atoms with Crippen molar-refractivity contribution >= 4 is 5.95 Å². The van der Waals surface area contributed by atoms with Gasteiger partial charge in [-0.25, -0.2) is 9.97 Å². The zero-order valence-electron chi connectivity index (χ0n) is 8.50. The highest BCUT2D eigenvalue weighted by Crippen LogP contribution is 2.21. The Bertz CT molecular complexity index is 315. The normalized spacial score (nSPS) is 20.9. The molecule has 2 rings (SSSR count). The number of anilines is 1. The Morgan fingerprint density at radius 3 is 2.67 bits per heavy atom. The first-order valence-corrected chi connectivity index (χ1v) is 5.14. The zero-order chi connectivity index (χ0) is 10.7. The van der Waals surface area contributed by atoms with E-state index in [9.17, 15) is 0 Å². The number of rotatable bonds is 3. The lowest BCUT2D eigenvalue weighted by atomic mass is 10.2. The van der Waals surface area contributed by atoms with Gasteiger partial charge in [-0.1, -0.05) is 0 Å². The van der Waals surface area contributed by atoms with E-state index >= 15 is 0 Å². The lowest BCUT2D eigenvalue weighted by molar-refractivity contribution is 0.265. The predicted octanol–water partition coefficient (Wildman–Crippen LogP) is -0.0700. The molecule has 0 bridgehead atoms. The maximum atomic E-state index is 9.16. The summed E-state index contributed by atoms with van der Waals surface area (Å²) in [6, 6.07) is 0.143. The van der Waals surface area contributed by atoms with E-state index in [4.69, 9.17) is 10.2 Å². The molecule has 5 heteroatoms. The fourth-order valence-electron chi connectivity index (χ4n) is 1.87. The van der Waals surface area contributed by atoms with Gasteiger partial charge in [0.1, 0.15) is 0 Å². The van der Waals surface area contributed by atoms with Crippen molar-refractivity contribution in [2.75, 3.05) is 18.1 Å². The van der Waals surface area contributed by atoms with Crippen LogP contribution < -0.4 is 4.90 Å². The summed E-state index contributed by atoms with van der Waals surface area (Å²) in [7, 11) is 0. The van der Waals surface area contributed by atoms with Crippen LogP contribution in [0.5, 0.6) is 0 Å². The van der Waals surface area contributed by atoms with Crippen LogP contribution in [-0.4, -0.2) is 39.4 Å². The van der Waals surface area contributed by atoms with Crippen molar-refractivity contribution in [3.63, 3.8) is 0 Å². The highest BCUT2D eigenvalue weighted by molar-refractivity contribution is 5.33. The van der Waals surface area contributed by atoms with Crippen molar-refractivity contribution in [3.8, 4) is 0 Å². The van der Waals surface area contributed by atoms with Crippen molar-refractivity contribution in [1.82, 2.24) is 9.97 Å². The van der Waals surface area contributed by atoms with Crippen molar-refractivity contribution in [3.05, 3.63) is 18.0 Å². The molecule has 0 aliphatic carbocycles. The van der Waals surface area contributed by atoms with E-state index in [1.54, 1.807) is 12.4 Å². The van der Waals surface area contributed by atoms with Crippen LogP contribution in [0, 0.1) is 0 Å². The molecule has 1 atom stereocenters. The summed E-state index contributed by atoms with van der Waals surface area (Å²) >= 11 is 0. The maximum absolute atomic E-state index is 9.16. The summed E-state index contributed by atoms with van der Waals surface area (Å²) in [6.45, 7) is 0.999. The third-order valence-corrected chi connectivity index (χ3v) is 2.72. The molecule has 82 valence electrons. The Labute approximate surface area is 88.4 Å². The molecule has 0 spiro atoms. The second-order valence-corrected chi connectivity index (χ2v) is 3.72. The number of aromatic nitrogens is 2. The first-order chi connectivity index (χ1) is 7.35. The Morgan fingerprint density at radius 1 is 1.33 bits per heavy atom. The molecular formula is C10H15N3O2. The largest absolute Gasteiger partial charge is 0.394 e. The molecule has 1 unspecified atom stereocenters. The quantitative estimate of drug-likeness (QED) is 0.729. The van der Waals surface area contributed by atoms with E-state index in [0.717, 1.165) is 19.4 Å². The van der Waals surface area contributed by atoms with Gasteiger partial charge in [-0.15, -0.1) is 0 Å². The average molecular weight is 209 g/mol. The Kier molecular flexibility index (Phi) is 3.13. The molecule has 0 saturated carbocycles. The minimum atomic E-state index is -0.0380. The topological polar surface area (TPSA) is 69.5 Å². The summed E-state index contributed by atoms with van der Waals surface area (Å²) in [5.74, 6) is 0.642. The number of aliphatic hydroxyl groups excluding tert-OH is 2. The molecule has 2 N–H and O–H groups in total. The molecular weight excluding hydrogens is 194 g/mol. The minimum absolute atomic E-state index is 0.0380. The van der Waals surface area contributed by atoms with Crippen LogP contribution in [0.2, 0.25) is 0 Å². The third-order valence-electron chi connectivity index (χ3n) is 2.72. The lowest BCUT2D eigenvalue weighted by Gasteiger charge is -2.22. The second-order valence-electron chi connectivity index (χ2n) is 3.72. The monoisotopic (exact) mass is 209 g/mol. The molecule has 1 aromatic heterocycles. The summed E-state index contributed by atoms with van der Waals surface area (Å²) in [5.41, 5.74) is 0.707. The van der Waals surface area contributed by atoms with Gasteiger partial charge in [-0.05, 0) is 12.8 Å². The summed E-state index contributed by atoms with van der Waals surface area (Å²) in [5, 5.41) is 18.0. The molecule has 1 saturated heterocycles. The number of aliphatic hydroxyl groups is 2. The lowest BCUT2D eigenvalue weighted by Crippen LogP contribution is -2.33. The third kappa shape index (κ3) is 2.08. The van der Waals surface area contributed by atoms with Crippen LogP contribution in [0.1, 0.15) is 18.4 Å². The summed E-state index contributed by atoms with van der Waals surface area (Å²) < 4.78 is 0. The van der Waals surface area contributed by atoms with Gasteiger partial charge >= 0.3 is 0 Å². The van der Waals surface area contributed by atoms with Gasteiger partial charge < -0.3 is 15.1 Å². The number of hydrogen-bond acceptors (Lipinski definition) is 5.